The second kappa shape index (κ2) is 7.94. The van der Waals surface area contributed by atoms with Crippen LogP contribution in [0.3, 0.4) is 0 Å². The van der Waals surface area contributed by atoms with Crippen LogP contribution in [0.2, 0.25) is 0 Å². The first-order chi connectivity index (χ1) is 11.0. The van der Waals surface area contributed by atoms with E-state index in [2.05, 4.69) is 25.9 Å². The standard InChI is InChI=1S/C15H12BrN3O3S/c1-3-21-13(20)10(8-17)6-11-7-12(16)14(22-11)23-15-18-5-4-9(2)19-15/h4-7H,3H2,1-2H3/b10-6+. The van der Waals surface area contributed by atoms with Crippen LogP contribution in [0.5, 0.6) is 0 Å². The highest BCUT2D eigenvalue weighted by molar-refractivity contribution is 9.10. The van der Waals surface area contributed by atoms with Crippen molar-refractivity contribution in [2.24, 2.45) is 0 Å². The average Bonchev–Trinajstić information content (AvgIpc) is 2.85. The third-order valence-corrected chi connectivity index (χ3v) is 4.25. The summed E-state index contributed by atoms with van der Waals surface area (Å²) >= 11 is 4.61. The van der Waals surface area contributed by atoms with E-state index in [1.807, 2.05) is 6.92 Å². The molecule has 0 N–H and O–H groups in total. The van der Waals surface area contributed by atoms with Crippen molar-refractivity contribution in [2.45, 2.75) is 24.1 Å². The smallest absolute Gasteiger partial charge is 0.349 e. The molecule has 0 saturated carbocycles. The summed E-state index contributed by atoms with van der Waals surface area (Å²) in [6.07, 6.45) is 3.00. The Balaban J connectivity index is 2.24. The monoisotopic (exact) mass is 393 g/mol. The summed E-state index contributed by atoms with van der Waals surface area (Å²) in [6.45, 7) is 3.74. The van der Waals surface area contributed by atoms with Gasteiger partial charge in [0.05, 0.1) is 11.1 Å². The molecule has 2 aromatic rings. The molecule has 0 aliphatic carbocycles. The van der Waals surface area contributed by atoms with Crippen molar-refractivity contribution >= 4 is 39.7 Å². The number of carbonyl (C=O) groups is 1. The topological polar surface area (TPSA) is 89.0 Å². The number of nitrogens with zero attached hydrogens (tertiary/aromatic N) is 3. The minimum Gasteiger partial charge on any atom is -0.462 e. The van der Waals surface area contributed by atoms with Gasteiger partial charge in [0.1, 0.15) is 17.4 Å². The molecule has 2 aromatic heterocycles. The molecule has 0 atom stereocenters. The normalized spacial score (nSPS) is 11.1. The van der Waals surface area contributed by atoms with Crippen LogP contribution in [-0.4, -0.2) is 22.5 Å². The fraction of sp³-hybridized carbons (Fsp3) is 0.200. The van der Waals surface area contributed by atoms with Crippen LogP contribution in [0.15, 0.2) is 43.0 Å². The van der Waals surface area contributed by atoms with Crippen LogP contribution in [0.25, 0.3) is 6.08 Å². The molecule has 8 heteroatoms. The van der Waals surface area contributed by atoms with Crippen molar-refractivity contribution in [3.63, 3.8) is 0 Å². The fourth-order valence-corrected chi connectivity index (χ4v) is 2.87. The van der Waals surface area contributed by atoms with Crippen molar-refractivity contribution in [2.75, 3.05) is 6.61 Å². The van der Waals surface area contributed by atoms with Crippen molar-refractivity contribution < 1.29 is 13.9 Å². The minimum absolute atomic E-state index is 0.128. The number of rotatable bonds is 5. The SMILES string of the molecule is CCOC(=O)/C(C#N)=C/c1cc(Br)c(Sc2nccc(C)n2)o1. The van der Waals surface area contributed by atoms with Gasteiger partial charge in [-0.25, -0.2) is 14.8 Å². The molecule has 2 heterocycles. The van der Waals surface area contributed by atoms with E-state index in [1.165, 1.54) is 17.8 Å². The first kappa shape index (κ1) is 17.2. The molecule has 0 aliphatic heterocycles. The maximum absolute atomic E-state index is 11.6. The third-order valence-electron chi connectivity index (χ3n) is 2.53. The Labute approximate surface area is 145 Å². The number of aryl methyl sites for hydroxylation is 1. The summed E-state index contributed by atoms with van der Waals surface area (Å²) in [5, 5.41) is 10.1. The molecule has 118 valence electrons. The number of esters is 1. The number of carbonyl (C=O) groups excluding carboxylic acids is 1. The summed E-state index contributed by atoms with van der Waals surface area (Å²) in [7, 11) is 0. The number of furan rings is 1. The lowest BCUT2D eigenvalue weighted by Gasteiger charge is -1.99. The summed E-state index contributed by atoms with van der Waals surface area (Å²) in [6, 6.07) is 5.26. The van der Waals surface area contributed by atoms with E-state index < -0.39 is 5.97 Å². The van der Waals surface area contributed by atoms with Crippen molar-refractivity contribution in [1.29, 1.82) is 5.26 Å². The average molecular weight is 394 g/mol. The molecule has 0 amide bonds. The van der Waals surface area contributed by atoms with Crippen molar-refractivity contribution in [1.82, 2.24) is 9.97 Å². The first-order valence-electron chi connectivity index (χ1n) is 6.59. The third kappa shape index (κ3) is 4.68. The quantitative estimate of drug-likeness (QED) is 0.330. The molecular formula is C15H12BrN3O3S. The summed E-state index contributed by atoms with van der Waals surface area (Å²) in [4.78, 5) is 20.0. The number of hydrogen-bond acceptors (Lipinski definition) is 7. The fourth-order valence-electron chi connectivity index (χ4n) is 1.56. The maximum Gasteiger partial charge on any atom is 0.349 e. The van der Waals surface area contributed by atoms with Crippen LogP contribution in [-0.2, 0) is 9.53 Å². The van der Waals surface area contributed by atoms with E-state index in [0.717, 1.165) is 5.69 Å². The number of hydrogen-bond donors (Lipinski definition) is 0. The molecule has 0 aromatic carbocycles. The molecular weight excluding hydrogens is 382 g/mol. The zero-order chi connectivity index (χ0) is 16.8. The van der Waals surface area contributed by atoms with E-state index in [9.17, 15) is 4.79 Å². The number of ether oxygens (including phenoxy) is 1. The van der Waals surface area contributed by atoms with Gasteiger partial charge in [-0.05, 0) is 53.7 Å². The van der Waals surface area contributed by atoms with Crippen LogP contribution >= 0.6 is 27.7 Å². The van der Waals surface area contributed by atoms with Gasteiger partial charge in [0.25, 0.3) is 0 Å². The Morgan fingerprint density at radius 2 is 2.39 bits per heavy atom. The lowest BCUT2D eigenvalue weighted by Crippen LogP contribution is -2.05. The van der Waals surface area contributed by atoms with Gasteiger partial charge in [-0.1, -0.05) is 0 Å². The zero-order valence-electron chi connectivity index (χ0n) is 12.4. The Morgan fingerprint density at radius 3 is 3.04 bits per heavy atom. The number of nitriles is 1. The van der Waals surface area contributed by atoms with E-state index in [0.29, 0.717) is 20.5 Å². The molecule has 0 aliphatic rings. The summed E-state index contributed by atoms with van der Waals surface area (Å²) in [5.41, 5.74) is 0.718. The van der Waals surface area contributed by atoms with Crippen LogP contribution in [0, 0.1) is 18.3 Å². The molecule has 23 heavy (non-hydrogen) atoms. The highest BCUT2D eigenvalue weighted by Crippen LogP contribution is 2.35. The Morgan fingerprint density at radius 1 is 1.61 bits per heavy atom. The lowest BCUT2D eigenvalue weighted by atomic mass is 10.2. The molecule has 2 rings (SSSR count). The highest BCUT2D eigenvalue weighted by Gasteiger charge is 2.15. The minimum atomic E-state index is -0.682. The predicted octanol–water partition coefficient (Wildman–Crippen LogP) is 3.76. The van der Waals surface area contributed by atoms with E-state index in [-0.39, 0.29) is 12.2 Å². The molecule has 0 spiro atoms. The highest BCUT2D eigenvalue weighted by atomic mass is 79.9. The molecule has 0 radical (unpaired) electrons. The zero-order valence-corrected chi connectivity index (χ0v) is 14.8. The molecule has 0 fully saturated rings. The van der Waals surface area contributed by atoms with E-state index >= 15 is 0 Å². The molecule has 0 bridgehead atoms. The van der Waals surface area contributed by atoms with Crippen LogP contribution in [0.4, 0.5) is 0 Å². The van der Waals surface area contributed by atoms with Gasteiger partial charge < -0.3 is 9.15 Å². The van der Waals surface area contributed by atoms with Gasteiger partial charge in [-0.15, -0.1) is 0 Å². The lowest BCUT2D eigenvalue weighted by molar-refractivity contribution is -0.137. The number of aromatic nitrogens is 2. The summed E-state index contributed by atoms with van der Waals surface area (Å²) < 4.78 is 11.1. The molecule has 0 saturated heterocycles. The van der Waals surface area contributed by atoms with Gasteiger partial charge in [0.15, 0.2) is 10.2 Å². The van der Waals surface area contributed by atoms with Gasteiger partial charge in [-0.3, -0.25) is 0 Å². The summed E-state index contributed by atoms with van der Waals surface area (Å²) in [5.74, 6) is -0.324. The Bertz CT molecular complexity index is 796. The van der Waals surface area contributed by atoms with Crippen LogP contribution < -0.4 is 0 Å². The predicted molar refractivity (Wildman–Crippen MR) is 87.5 cm³/mol. The number of halogens is 1. The van der Waals surface area contributed by atoms with Gasteiger partial charge in [0.2, 0.25) is 0 Å². The van der Waals surface area contributed by atoms with E-state index in [1.54, 1.807) is 31.3 Å². The maximum atomic E-state index is 11.6. The second-order valence-electron chi connectivity index (χ2n) is 4.26. The van der Waals surface area contributed by atoms with E-state index in [4.69, 9.17) is 14.4 Å². The Kier molecular flexibility index (Phi) is 5.96. The first-order valence-corrected chi connectivity index (χ1v) is 8.20. The Hall–Kier alpha value is -2.11. The van der Waals surface area contributed by atoms with Gasteiger partial charge in [-0.2, -0.15) is 5.26 Å². The molecule has 0 unspecified atom stereocenters. The van der Waals surface area contributed by atoms with Crippen LogP contribution in [0.1, 0.15) is 18.4 Å². The van der Waals surface area contributed by atoms with Gasteiger partial charge >= 0.3 is 5.97 Å². The second-order valence-corrected chi connectivity index (χ2v) is 6.05. The van der Waals surface area contributed by atoms with Crippen molar-refractivity contribution in [3.05, 3.63) is 39.8 Å². The molecule has 6 nitrogen and oxygen atoms in total. The van der Waals surface area contributed by atoms with Gasteiger partial charge in [0, 0.05) is 18.0 Å². The van der Waals surface area contributed by atoms with Crippen molar-refractivity contribution in [3.8, 4) is 6.07 Å². The largest absolute Gasteiger partial charge is 0.462 e.